The second-order valence-corrected chi connectivity index (χ2v) is 8.14. The van der Waals surface area contributed by atoms with Crippen LogP contribution in [0.4, 0.5) is 0 Å². The van der Waals surface area contributed by atoms with Gasteiger partial charge in [-0.25, -0.2) is 0 Å². The van der Waals surface area contributed by atoms with Gasteiger partial charge in [-0.15, -0.1) is 0 Å². The van der Waals surface area contributed by atoms with Gasteiger partial charge in [0.1, 0.15) is 5.75 Å². The average molecular weight is 475 g/mol. The van der Waals surface area contributed by atoms with Gasteiger partial charge in [-0.3, -0.25) is 14.4 Å². The van der Waals surface area contributed by atoms with Gasteiger partial charge in [0.15, 0.2) is 11.9 Å². The van der Waals surface area contributed by atoms with Crippen LogP contribution in [0.5, 0.6) is 5.75 Å². The smallest absolute Gasteiger partial charge is 0.251 e. The maximum absolute atomic E-state index is 12.7. The van der Waals surface area contributed by atoms with Crippen LogP contribution in [-0.2, 0) is 22.6 Å². The lowest BCUT2D eigenvalue weighted by molar-refractivity contribution is -0.132. The van der Waals surface area contributed by atoms with E-state index in [1.807, 2.05) is 60.7 Å². The molecule has 0 fully saturated rings. The molecule has 3 N–H and O–H groups in total. The van der Waals surface area contributed by atoms with Crippen LogP contribution in [0.2, 0.25) is 0 Å². The SMILES string of the molecule is COc1ccccc1C(=O)CCC(=O)N[C@@H](Cc1ccccc1)[C@@H](O)C(=O)NCc1ccccc1. The molecule has 0 heterocycles. The predicted octanol–water partition coefficient (Wildman–Crippen LogP) is 3.06. The molecule has 3 aromatic rings. The van der Waals surface area contributed by atoms with Crippen molar-refractivity contribution in [2.45, 2.75) is 38.0 Å². The van der Waals surface area contributed by atoms with Crippen molar-refractivity contribution in [3.8, 4) is 5.75 Å². The number of ketones is 1. The van der Waals surface area contributed by atoms with E-state index in [-0.39, 0.29) is 31.6 Å². The minimum atomic E-state index is -1.47. The number of ether oxygens (including phenoxy) is 1. The largest absolute Gasteiger partial charge is 0.496 e. The molecule has 0 aliphatic rings. The summed E-state index contributed by atoms with van der Waals surface area (Å²) >= 11 is 0. The summed E-state index contributed by atoms with van der Waals surface area (Å²) in [5, 5.41) is 16.2. The van der Waals surface area contributed by atoms with Crippen molar-refractivity contribution >= 4 is 17.6 Å². The van der Waals surface area contributed by atoms with Gasteiger partial charge < -0.3 is 20.5 Å². The summed E-state index contributed by atoms with van der Waals surface area (Å²) < 4.78 is 5.22. The zero-order valence-electron chi connectivity index (χ0n) is 19.6. The third-order valence-electron chi connectivity index (χ3n) is 5.59. The van der Waals surface area contributed by atoms with Gasteiger partial charge in [0.05, 0.1) is 18.7 Å². The first-order valence-electron chi connectivity index (χ1n) is 11.5. The van der Waals surface area contributed by atoms with E-state index in [9.17, 15) is 19.5 Å². The molecule has 2 atom stereocenters. The van der Waals surface area contributed by atoms with Crippen LogP contribution in [0.15, 0.2) is 84.9 Å². The average Bonchev–Trinajstić information content (AvgIpc) is 2.90. The van der Waals surface area contributed by atoms with Gasteiger partial charge in [0, 0.05) is 19.4 Å². The zero-order valence-corrected chi connectivity index (χ0v) is 19.6. The number of rotatable bonds is 12. The highest BCUT2D eigenvalue weighted by molar-refractivity contribution is 6.00. The Balaban J connectivity index is 1.62. The van der Waals surface area contributed by atoms with Gasteiger partial charge in [0.2, 0.25) is 5.91 Å². The number of carbonyl (C=O) groups excluding carboxylic acids is 3. The van der Waals surface area contributed by atoms with Crippen LogP contribution in [0.1, 0.15) is 34.3 Å². The first-order chi connectivity index (χ1) is 17.0. The highest BCUT2D eigenvalue weighted by atomic mass is 16.5. The van der Waals surface area contributed by atoms with Crippen LogP contribution < -0.4 is 15.4 Å². The minimum absolute atomic E-state index is 0.0272. The summed E-state index contributed by atoms with van der Waals surface area (Å²) in [6, 6.07) is 24.6. The van der Waals surface area contributed by atoms with Crippen LogP contribution in [0, 0.1) is 0 Å². The summed E-state index contributed by atoms with van der Waals surface area (Å²) in [7, 11) is 1.48. The first kappa shape index (κ1) is 25.6. The van der Waals surface area contributed by atoms with Crippen LogP contribution in [0.3, 0.4) is 0 Å². The van der Waals surface area contributed by atoms with E-state index < -0.39 is 24.0 Å². The predicted molar refractivity (Wildman–Crippen MR) is 133 cm³/mol. The second-order valence-electron chi connectivity index (χ2n) is 8.14. The maximum Gasteiger partial charge on any atom is 0.251 e. The first-order valence-corrected chi connectivity index (χ1v) is 11.5. The molecule has 0 saturated heterocycles. The van der Waals surface area contributed by atoms with Gasteiger partial charge in [-0.05, 0) is 29.7 Å². The summed E-state index contributed by atoms with van der Waals surface area (Å²) in [5.74, 6) is -0.784. The van der Waals surface area contributed by atoms with Crippen molar-refractivity contribution < 1.29 is 24.2 Å². The number of carbonyl (C=O) groups is 3. The van der Waals surface area contributed by atoms with Crippen molar-refractivity contribution in [2.75, 3.05) is 7.11 Å². The molecule has 7 heteroatoms. The highest BCUT2D eigenvalue weighted by Gasteiger charge is 2.28. The fourth-order valence-electron chi connectivity index (χ4n) is 3.70. The minimum Gasteiger partial charge on any atom is -0.496 e. The van der Waals surface area contributed by atoms with Crippen molar-refractivity contribution in [3.05, 3.63) is 102 Å². The zero-order chi connectivity index (χ0) is 25.0. The van der Waals surface area contributed by atoms with E-state index in [0.29, 0.717) is 11.3 Å². The number of methoxy groups -OCH3 is 1. The lowest BCUT2D eigenvalue weighted by Gasteiger charge is -2.24. The molecule has 0 bridgehead atoms. The van der Waals surface area contributed by atoms with Crippen molar-refractivity contribution in [1.29, 1.82) is 0 Å². The fraction of sp³-hybridized carbons (Fsp3) is 0.250. The monoisotopic (exact) mass is 474 g/mol. The van der Waals surface area contributed by atoms with E-state index in [1.165, 1.54) is 7.11 Å². The Morgan fingerprint density at radius 1 is 0.829 bits per heavy atom. The van der Waals surface area contributed by atoms with Crippen molar-refractivity contribution in [2.24, 2.45) is 0 Å². The molecule has 3 rings (SSSR count). The molecule has 182 valence electrons. The fourth-order valence-corrected chi connectivity index (χ4v) is 3.70. The van der Waals surface area contributed by atoms with Crippen LogP contribution in [-0.4, -0.2) is 42.0 Å². The Hall–Kier alpha value is -3.97. The Morgan fingerprint density at radius 3 is 2.09 bits per heavy atom. The molecular formula is C28H30N2O5. The Bertz CT molecular complexity index is 1120. The lowest BCUT2D eigenvalue weighted by Crippen LogP contribution is -2.51. The Kier molecular flexibility index (Phi) is 9.57. The number of para-hydroxylation sites is 1. The third kappa shape index (κ3) is 7.79. The molecule has 0 radical (unpaired) electrons. The molecule has 0 aliphatic heterocycles. The standard InChI is InChI=1S/C28H30N2O5/c1-35-25-15-9-8-14-22(25)24(31)16-17-26(32)30-23(18-20-10-4-2-5-11-20)27(33)28(34)29-19-21-12-6-3-7-13-21/h2-15,23,27,33H,16-19H2,1H3,(H,29,34)(H,30,32)/t23-,27+/m0/s1. The van der Waals surface area contributed by atoms with E-state index in [1.54, 1.807) is 24.3 Å². The van der Waals surface area contributed by atoms with Crippen LogP contribution >= 0.6 is 0 Å². The quantitative estimate of drug-likeness (QED) is 0.350. The Labute approximate surface area is 205 Å². The lowest BCUT2D eigenvalue weighted by atomic mass is 9.99. The Morgan fingerprint density at radius 2 is 1.43 bits per heavy atom. The summed E-state index contributed by atoms with van der Waals surface area (Å²) in [4.78, 5) is 38.0. The summed E-state index contributed by atoms with van der Waals surface area (Å²) in [5.41, 5.74) is 2.16. The normalized spacial score (nSPS) is 12.3. The number of amides is 2. The van der Waals surface area contributed by atoms with Gasteiger partial charge >= 0.3 is 0 Å². The topological polar surface area (TPSA) is 105 Å². The van der Waals surface area contributed by atoms with Crippen molar-refractivity contribution in [3.63, 3.8) is 0 Å². The van der Waals surface area contributed by atoms with Crippen LogP contribution in [0.25, 0.3) is 0 Å². The molecular weight excluding hydrogens is 444 g/mol. The highest BCUT2D eigenvalue weighted by Crippen LogP contribution is 2.19. The van der Waals surface area contributed by atoms with Gasteiger partial charge in [-0.2, -0.15) is 0 Å². The number of aliphatic hydroxyl groups is 1. The summed E-state index contributed by atoms with van der Waals surface area (Å²) in [6.45, 7) is 0.260. The van der Waals surface area contributed by atoms with Gasteiger partial charge in [0.25, 0.3) is 5.91 Å². The molecule has 35 heavy (non-hydrogen) atoms. The molecule has 0 saturated carbocycles. The maximum atomic E-state index is 12.7. The number of aliphatic hydroxyl groups excluding tert-OH is 1. The number of hydrogen-bond acceptors (Lipinski definition) is 5. The third-order valence-corrected chi connectivity index (χ3v) is 5.59. The summed E-state index contributed by atoms with van der Waals surface area (Å²) in [6.07, 6.45) is -1.32. The molecule has 7 nitrogen and oxygen atoms in total. The van der Waals surface area contributed by atoms with Crippen molar-refractivity contribution in [1.82, 2.24) is 10.6 Å². The molecule has 3 aromatic carbocycles. The van der Waals surface area contributed by atoms with E-state index in [2.05, 4.69) is 10.6 Å². The molecule has 2 amide bonds. The molecule has 0 spiro atoms. The second kappa shape index (κ2) is 13.1. The molecule has 0 aliphatic carbocycles. The molecule has 0 aromatic heterocycles. The molecule has 0 unspecified atom stereocenters. The number of nitrogens with one attached hydrogen (secondary N) is 2. The van der Waals surface area contributed by atoms with E-state index in [0.717, 1.165) is 11.1 Å². The van der Waals surface area contributed by atoms with E-state index >= 15 is 0 Å². The number of Topliss-reactive ketones (excluding diaryl/α,β-unsaturated/α-hetero) is 1. The van der Waals surface area contributed by atoms with Gasteiger partial charge in [-0.1, -0.05) is 72.8 Å². The number of benzene rings is 3. The van der Waals surface area contributed by atoms with E-state index in [4.69, 9.17) is 4.74 Å². The number of hydrogen-bond donors (Lipinski definition) is 3.